The van der Waals surface area contributed by atoms with Crippen molar-refractivity contribution in [2.45, 2.75) is 32.4 Å². The van der Waals surface area contributed by atoms with Crippen molar-refractivity contribution >= 4 is 16.9 Å². The Morgan fingerprint density at radius 1 is 1.24 bits per heavy atom. The number of amides is 1. The molecule has 3 heterocycles. The first-order valence-corrected chi connectivity index (χ1v) is 10.9. The van der Waals surface area contributed by atoms with Crippen molar-refractivity contribution in [3.05, 3.63) is 83.1 Å². The van der Waals surface area contributed by atoms with Gasteiger partial charge in [-0.3, -0.25) is 4.79 Å². The smallest absolute Gasteiger partial charge is 0.240 e. The molecule has 33 heavy (non-hydrogen) atoms. The number of nitrogens with one attached hydrogen (secondary N) is 1. The summed E-state index contributed by atoms with van der Waals surface area (Å²) in [6.45, 7) is 3.08. The molecule has 2 aromatic heterocycles. The fraction of sp³-hybridized carbons (Fsp3) is 0.240. The van der Waals surface area contributed by atoms with Crippen molar-refractivity contribution in [3.63, 3.8) is 0 Å². The van der Waals surface area contributed by atoms with Crippen LogP contribution in [0.1, 0.15) is 22.3 Å². The van der Waals surface area contributed by atoms with Crippen LogP contribution in [-0.4, -0.2) is 38.3 Å². The lowest BCUT2D eigenvalue weighted by Crippen LogP contribution is -2.46. The zero-order chi connectivity index (χ0) is 22.9. The van der Waals surface area contributed by atoms with Crippen molar-refractivity contribution < 1.29 is 13.9 Å². The number of aryl methyl sites for hydroxylation is 1. The van der Waals surface area contributed by atoms with E-state index < -0.39 is 11.9 Å². The third kappa shape index (κ3) is 4.17. The van der Waals surface area contributed by atoms with Crippen molar-refractivity contribution in [3.8, 4) is 11.6 Å². The van der Waals surface area contributed by atoms with Gasteiger partial charge >= 0.3 is 0 Å². The number of hydrogen-bond acceptors (Lipinski definition) is 5. The van der Waals surface area contributed by atoms with Gasteiger partial charge in [0.15, 0.2) is 11.6 Å². The molecule has 2 aromatic carbocycles. The van der Waals surface area contributed by atoms with Gasteiger partial charge < -0.3 is 20.4 Å². The van der Waals surface area contributed by atoms with Crippen molar-refractivity contribution in [2.24, 2.45) is 5.73 Å². The number of ether oxygens (including phenoxy) is 1. The summed E-state index contributed by atoms with van der Waals surface area (Å²) in [4.78, 5) is 26.0. The van der Waals surface area contributed by atoms with E-state index in [1.165, 1.54) is 24.0 Å². The molecule has 7 nitrogen and oxygen atoms in total. The third-order valence-electron chi connectivity index (χ3n) is 6.05. The molecule has 1 aliphatic heterocycles. The van der Waals surface area contributed by atoms with Gasteiger partial charge in [0, 0.05) is 19.3 Å². The van der Waals surface area contributed by atoms with Gasteiger partial charge in [0.05, 0.1) is 11.4 Å². The van der Waals surface area contributed by atoms with Gasteiger partial charge in [0.1, 0.15) is 12.0 Å². The molecule has 0 radical (unpaired) electrons. The number of aromatic amines is 1. The van der Waals surface area contributed by atoms with E-state index in [1.807, 2.05) is 25.1 Å². The van der Waals surface area contributed by atoms with E-state index in [4.69, 9.17) is 10.5 Å². The van der Waals surface area contributed by atoms with Crippen LogP contribution < -0.4 is 10.5 Å². The SMILES string of the molecule is Cc1c[nH]c2ncnc(Oc3ccc(C[C@H](N)C(=O)N4CCc5ccccc5C4)cc3F)c12. The van der Waals surface area contributed by atoms with E-state index in [0.29, 0.717) is 29.7 Å². The summed E-state index contributed by atoms with van der Waals surface area (Å²) in [5.74, 6) is -0.343. The maximum Gasteiger partial charge on any atom is 0.240 e. The summed E-state index contributed by atoms with van der Waals surface area (Å²) >= 11 is 0. The minimum Gasteiger partial charge on any atom is -0.435 e. The molecule has 0 unspecified atom stereocenters. The van der Waals surface area contributed by atoms with Gasteiger partial charge in [0.25, 0.3) is 0 Å². The maximum atomic E-state index is 14.8. The first-order chi connectivity index (χ1) is 16.0. The standard InChI is InChI=1S/C25H24FN5O2/c1-15-12-28-23-22(15)24(30-14-29-23)33-21-7-6-16(10-19(21)26)11-20(27)25(32)31-9-8-17-4-2-3-5-18(17)13-31/h2-7,10,12,14,20H,8-9,11,13,27H2,1H3,(H,28,29,30)/t20-/m0/s1. The highest BCUT2D eigenvalue weighted by Gasteiger charge is 2.25. The quantitative estimate of drug-likeness (QED) is 0.489. The Balaban J connectivity index is 1.27. The molecule has 1 amide bonds. The Bertz CT molecular complexity index is 1340. The van der Waals surface area contributed by atoms with Crippen molar-refractivity contribution in [1.29, 1.82) is 0 Å². The fourth-order valence-corrected chi connectivity index (χ4v) is 4.28. The molecule has 1 atom stereocenters. The highest BCUT2D eigenvalue weighted by Crippen LogP contribution is 2.30. The summed E-state index contributed by atoms with van der Waals surface area (Å²) in [6.07, 6.45) is 4.21. The summed E-state index contributed by atoms with van der Waals surface area (Å²) in [6, 6.07) is 12.0. The average Bonchev–Trinajstić information content (AvgIpc) is 3.21. The number of H-pyrrole nitrogens is 1. The number of halogens is 1. The van der Waals surface area contributed by atoms with Crippen LogP contribution in [0.25, 0.3) is 11.0 Å². The number of carbonyl (C=O) groups excluding carboxylic acids is 1. The number of rotatable bonds is 5. The highest BCUT2D eigenvalue weighted by molar-refractivity contribution is 5.84. The highest BCUT2D eigenvalue weighted by atomic mass is 19.1. The number of nitrogens with zero attached hydrogens (tertiary/aromatic N) is 3. The number of nitrogens with two attached hydrogens (primary N) is 1. The topological polar surface area (TPSA) is 97.1 Å². The molecule has 1 aliphatic rings. The molecule has 8 heteroatoms. The van der Waals surface area contributed by atoms with Crippen LogP contribution in [0.5, 0.6) is 11.6 Å². The zero-order valence-corrected chi connectivity index (χ0v) is 18.2. The van der Waals surface area contributed by atoms with Gasteiger partial charge in [-0.1, -0.05) is 30.3 Å². The maximum absolute atomic E-state index is 14.8. The van der Waals surface area contributed by atoms with E-state index in [0.717, 1.165) is 17.5 Å². The molecule has 0 bridgehead atoms. The Morgan fingerprint density at radius 3 is 2.88 bits per heavy atom. The summed E-state index contributed by atoms with van der Waals surface area (Å²) in [5, 5.41) is 0.705. The second kappa shape index (κ2) is 8.63. The minimum atomic E-state index is -0.745. The van der Waals surface area contributed by atoms with E-state index in [-0.39, 0.29) is 24.0 Å². The number of hydrogen-bond donors (Lipinski definition) is 2. The number of fused-ring (bicyclic) bond motifs is 2. The van der Waals surface area contributed by atoms with Crippen LogP contribution in [-0.2, 0) is 24.2 Å². The summed E-state index contributed by atoms with van der Waals surface area (Å²) in [5.41, 5.74) is 10.8. The largest absolute Gasteiger partial charge is 0.435 e. The third-order valence-corrected chi connectivity index (χ3v) is 6.05. The van der Waals surface area contributed by atoms with Crippen LogP contribution >= 0.6 is 0 Å². The van der Waals surface area contributed by atoms with E-state index in [1.54, 1.807) is 17.2 Å². The molecule has 168 valence electrons. The Kier molecular flexibility index (Phi) is 5.51. The molecule has 0 fully saturated rings. The normalized spacial score (nSPS) is 14.2. The van der Waals surface area contributed by atoms with E-state index in [2.05, 4.69) is 21.0 Å². The van der Waals surface area contributed by atoms with Crippen LogP contribution in [0.3, 0.4) is 0 Å². The first kappa shape index (κ1) is 21.1. The number of carbonyl (C=O) groups is 1. The molecular weight excluding hydrogens is 421 g/mol. The number of benzene rings is 2. The fourth-order valence-electron chi connectivity index (χ4n) is 4.28. The molecule has 0 aliphatic carbocycles. The summed E-state index contributed by atoms with van der Waals surface area (Å²) < 4.78 is 20.6. The minimum absolute atomic E-state index is 0.0480. The van der Waals surface area contributed by atoms with Gasteiger partial charge in [-0.2, -0.15) is 0 Å². The molecule has 0 saturated heterocycles. The lowest BCUT2D eigenvalue weighted by atomic mass is 9.98. The molecule has 5 rings (SSSR count). The van der Waals surface area contributed by atoms with Crippen molar-refractivity contribution in [2.75, 3.05) is 6.54 Å². The number of aromatic nitrogens is 3. The second-order valence-corrected chi connectivity index (χ2v) is 8.33. The molecule has 4 aromatic rings. The van der Waals surface area contributed by atoms with Crippen LogP contribution in [0.15, 0.2) is 55.0 Å². The molecule has 0 spiro atoms. The van der Waals surface area contributed by atoms with E-state index >= 15 is 0 Å². The van der Waals surface area contributed by atoms with Crippen molar-refractivity contribution in [1.82, 2.24) is 19.9 Å². The lowest BCUT2D eigenvalue weighted by Gasteiger charge is -2.31. The Hall–Kier alpha value is -3.78. The second-order valence-electron chi connectivity index (χ2n) is 8.33. The van der Waals surface area contributed by atoms with Gasteiger partial charge in [-0.25, -0.2) is 14.4 Å². The average molecular weight is 445 g/mol. The van der Waals surface area contributed by atoms with E-state index in [9.17, 15) is 9.18 Å². The lowest BCUT2D eigenvalue weighted by molar-refractivity contribution is -0.133. The van der Waals surface area contributed by atoms with Crippen LogP contribution in [0, 0.1) is 12.7 Å². The Morgan fingerprint density at radius 2 is 2.06 bits per heavy atom. The zero-order valence-electron chi connectivity index (χ0n) is 18.2. The molecular formula is C25H24FN5O2. The Labute approximate surface area is 190 Å². The van der Waals surface area contributed by atoms with Crippen LogP contribution in [0.4, 0.5) is 4.39 Å². The predicted molar refractivity (Wildman–Crippen MR) is 122 cm³/mol. The first-order valence-electron chi connectivity index (χ1n) is 10.9. The van der Waals surface area contributed by atoms with Gasteiger partial charge in [-0.15, -0.1) is 0 Å². The van der Waals surface area contributed by atoms with Crippen LogP contribution in [0.2, 0.25) is 0 Å². The monoisotopic (exact) mass is 445 g/mol. The van der Waals surface area contributed by atoms with Gasteiger partial charge in [-0.05, 0) is 54.2 Å². The van der Waals surface area contributed by atoms with Gasteiger partial charge in [0.2, 0.25) is 11.8 Å². The summed E-state index contributed by atoms with van der Waals surface area (Å²) in [7, 11) is 0. The molecule has 3 N–H and O–H groups in total. The molecule has 0 saturated carbocycles. The predicted octanol–water partition coefficient (Wildman–Crippen LogP) is 3.65.